The number of rotatable bonds is 2. The summed E-state index contributed by atoms with van der Waals surface area (Å²) in [4.78, 5) is 0. The van der Waals surface area contributed by atoms with Crippen LogP contribution in [0.2, 0.25) is 0 Å². The van der Waals surface area contributed by atoms with Gasteiger partial charge in [-0.05, 0) is 30.6 Å². The number of fused-ring (bicyclic) bond motifs is 7. The Balaban J connectivity index is 0.000000208. The van der Waals surface area contributed by atoms with Gasteiger partial charge in [-0.25, -0.2) is 29.2 Å². The van der Waals surface area contributed by atoms with Crippen LogP contribution < -0.4 is 24.8 Å². The number of alkyl halides is 6. The molecule has 9 heteroatoms. The smallest absolute Gasteiger partial charge is 0.172 e. The first-order valence-corrected chi connectivity index (χ1v) is 20.1. The fraction of sp³-hybridized carbons (Fsp3) is 0.400. The molecule has 0 N–H and O–H groups in total. The van der Waals surface area contributed by atoms with Crippen molar-refractivity contribution in [1.82, 2.24) is 0 Å². The Bertz CT molecular complexity index is 1810. The molecule has 4 aromatic carbocycles. The third-order valence-corrected chi connectivity index (χ3v) is 14.5. The quantitative estimate of drug-likeness (QED) is 0.116. The molecule has 4 aromatic rings. The summed E-state index contributed by atoms with van der Waals surface area (Å²) >= 11 is 0.316. The van der Waals surface area contributed by atoms with Crippen LogP contribution in [0.5, 0.6) is 0 Å². The van der Waals surface area contributed by atoms with Gasteiger partial charge in [0, 0.05) is 0 Å². The third kappa shape index (κ3) is 9.21. The minimum Gasteiger partial charge on any atom is -1.00 e. The predicted molar refractivity (Wildman–Crippen MR) is 193 cm³/mol. The van der Waals surface area contributed by atoms with Crippen LogP contribution in [0.4, 0.5) is 26.3 Å². The molecule has 5 unspecified atom stereocenters. The number of halogens is 8. The van der Waals surface area contributed by atoms with E-state index in [9.17, 15) is 26.3 Å². The molecule has 0 bridgehead atoms. The number of benzene rings is 3. The van der Waals surface area contributed by atoms with Crippen molar-refractivity contribution in [3.8, 4) is 0 Å². The van der Waals surface area contributed by atoms with E-state index in [1.54, 1.807) is 17.0 Å². The SMILES string of the molecule is C[C-]1C2=C3Cc4ccccc4C3C3CCCCC3C2CC(C)C1(C)C.FC(F)(F)c1cccc([C](=[Hf+2])c2cccc(C(F)(F)F)c2)c1.[Cl-].[Cl-].c1cc[cH-]c1. The molecule has 5 atom stereocenters. The Morgan fingerprint density at radius 3 is 1.81 bits per heavy atom. The molecule has 2 fully saturated rings. The molecule has 8 rings (SSSR count). The van der Waals surface area contributed by atoms with E-state index in [1.165, 1.54) is 62.8 Å². The molecule has 0 radical (unpaired) electrons. The van der Waals surface area contributed by atoms with Gasteiger partial charge in [0.15, 0.2) is 0 Å². The number of hydrogen-bond acceptors (Lipinski definition) is 0. The van der Waals surface area contributed by atoms with Gasteiger partial charge >= 0.3 is 137 Å². The van der Waals surface area contributed by atoms with Gasteiger partial charge in [-0.1, -0.05) is 99.1 Å². The summed E-state index contributed by atoms with van der Waals surface area (Å²) in [6.45, 7) is 9.99. The Morgan fingerprint density at radius 2 is 1.30 bits per heavy atom. The second-order valence-electron chi connectivity index (χ2n) is 15.5. The van der Waals surface area contributed by atoms with Crippen LogP contribution in [-0.4, -0.2) is 3.26 Å². The number of allylic oxidation sites excluding steroid dienone is 2. The van der Waals surface area contributed by atoms with E-state index in [2.05, 4.69) is 52.0 Å². The largest absolute Gasteiger partial charge is 1.00 e. The minimum atomic E-state index is -4.48. The maximum atomic E-state index is 12.7. The van der Waals surface area contributed by atoms with Gasteiger partial charge in [0.1, 0.15) is 0 Å². The number of hydrogen-bond donors (Lipinski definition) is 0. The van der Waals surface area contributed by atoms with Gasteiger partial charge in [0.25, 0.3) is 0 Å². The van der Waals surface area contributed by atoms with Crippen molar-refractivity contribution < 1.29 is 75.0 Å². The van der Waals surface area contributed by atoms with Crippen LogP contribution in [0.25, 0.3) is 0 Å². The van der Waals surface area contributed by atoms with E-state index < -0.39 is 23.5 Å². The molecule has 0 nitrogen and oxygen atoms in total. The van der Waals surface area contributed by atoms with Crippen LogP contribution in [0.15, 0.2) is 114 Å². The fourth-order valence-corrected chi connectivity index (χ4v) is 10.3. The van der Waals surface area contributed by atoms with Crippen LogP contribution >= 0.6 is 0 Å². The zero-order chi connectivity index (χ0) is 37.4. The second-order valence-corrected chi connectivity index (χ2v) is 17.3. The molecule has 0 spiro atoms. The van der Waals surface area contributed by atoms with Crippen LogP contribution in [0, 0.1) is 35.0 Å². The summed E-state index contributed by atoms with van der Waals surface area (Å²) in [7, 11) is 0. The third-order valence-electron chi connectivity index (χ3n) is 12.4. The van der Waals surface area contributed by atoms with Crippen LogP contribution in [0.3, 0.4) is 0 Å². The van der Waals surface area contributed by atoms with E-state index in [1.807, 2.05) is 41.5 Å². The molecule has 2 saturated carbocycles. The van der Waals surface area contributed by atoms with E-state index in [4.69, 9.17) is 0 Å². The molecule has 0 aliphatic heterocycles. The molecular formula is C45H46Cl2F6Hf-2. The van der Waals surface area contributed by atoms with Crippen molar-refractivity contribution >= 4 is 3.26 Å². The zero-order valence-electron chi connectivity index (χ0n) is 31.0. The predicted octanol–water partition coefficient (Wildman–Crippen LogP) is 6.97. The van der Waals surface area contributed by atoms with Crippen LogP contribution in [-0.2, 0) is 42.7 Å². The molecular weight excluding hydrogens is 904 g/mol. The van der Waals surface area contributed by atoms with Crippen LogP contribution in [0.1, 0.15) is 99.1 Å². The summed E-state index contributed by atoms with van der Waals surface area (Å²) in [5.74, 6) is 6.00. The van der Waals surface area contributed by atoms with E-state index in [-0.39, 0.29) is 24.8 Å². The molecule has 4 aliphatic carbocycles. The minimum absolute atomic E-state index is 0. The summed E-state index contributed by atoms with van der Waals surface area (Å²) in [5.41, 5.74) is 6.31. The molecule has 4 aliphatic rings. The van der Waals surface area contributed by atoms with Gasteiger partial charge in [-0.3, -0.25) is 0 Å². The standard InChI is InChI=1S/C25H33.C15H8F6.C5H5.2ClH.Hf/c1-15-13-21-19-11-7-8-12-20(19)24-18-10-6-5-9-17(18)14-22(24)23(21)16(2)25(15,3)4;16-14(17,18)12-5-1-3-10(8-12)7-11-4-2-6-13(9-11)15(19,20)21;1-2-4-5-3-1;;;/h5-6,9-10,15,19-21,24H,7-8,11-14H2,1-4H3;1-6,8-9H;1-5H;2*1H;/q-1;;-1;;;+2/p-2. The Labute approximate surface area is 343 Å². The molecule has 288 valence electrons. The van der Waals surface area contributed by atoms with Gasteiger partial charge in [-0.2, -0.15) is 18.2 Å². The topological polar surface area (TPSA) is 0 Å². The Kier molecular flexibility index (Phi) is 14.5. The fourth-order valence-electron chi connectivity index (χ4n) is 9.20. The van der Waals surface area contributed by atoms with Crippen molar-refractivity contribution in [2.75, 3.05) is 0 Å². The summed E-state index contributed by atoms with van der Waals surface area (Å²) < 4.78 is 76.7. The van der Waals surface area contributed by atoms with E-state index >= 15 is 0 Å². The molecule has 54 heavy (non-hydrogen) atoms. The van der Waals surface area contributed by atoms with Gasteiger partial charge in [0.2, 0.25) is 0 Å². The normalized spacial score (nSPS) is 23.7. The zero-order valence-corrected chi connectivity index (χ0v) is 36.1. The first-order chi connectivity index (χ1) is 24.6. The molecule has 0 amide bonds. The molecule has 0 heterocycles. The monoisotopic (exact) mass is 950 g/mol. The maximum Gasteiger partial charge on any atom is -0.172 e. The second kappa shape index (κ2) is 17.8. The van der Waals surface area contributed by atoms with E-state index in [0.29, 0.717) is 43.7 Å². The summed E-state index contributed by atoms with van der Waals surface area (Å²) in [6, 6.07) is 28.6. The average molecular weight is 950 g/mol. The van der Waals surface area contributed by atoms with Crippen molar-refractivity contribution in [3.05, 3.63) is 154 Å². The molecule has 0 saturated heterocycles. The van der Waals surface area contributed by atoms with Crippen molar-refractivity contribution in [3.63, 3.8) is 0 Å². The van der Waals surface area contributed by atoms with Gasteiger partial charge < -0.3 is 24.8 Å². The summed E-state index contributed by atoms with van der Waals surface area (Å²) in [5, 5.41) is 0. The molecule has 0 aromatic heterocycles. The van der Waals surface area contributed by atoms with Gasteiger partial charge in [0.05, 0.1) is 0 Å². The summed E-state index contributed by atoms with van der Waals surface area (Å²) in [6.07, 6.45) is -0.439. The van der Waals surface area contributed by atoms with Crippen molar-refractivity contribution in [1.29, 1.82) is 0 Å². The average Bonchev–Trinajstić information content (AvgIpc) is 3.83. The van der Waals surface area contributed by atoms with Crippen molar-refractivity contribution in [2.45, 2.75) is 84.5 Å². The first-order valence-electron chi connectivity index (χ1n) is 18.3. The van der Waals surface area contributed by atoms with E-state index in [0.717, 1.165) is 53.9 Å². The van der Waals surface area contributed by atoms with Crippen molar-refractivity contribution in [2.24, 2.45) is 29.1 Å². The maximum absolute atomic E-state index is 12.7. The Hall–Kier alpha value is -2.48. The Morgan fingerprint density at radius 1 is 0.759 bits per heavy atom. The first kappa shape index (κ1) is 44.2. The van der Waals surface area contributed by atoms with Gasteiger partial charge in [-0.15, -0.1) is 6.92 Å².